The van der Waals surface area contributed by atoms with Crippen LogP contribution >= 0.6 is 0 Å². The lowest BCUT2D eigenvalue weighted by Gasteiger charge is -2.07. The van der Waals surface area contributed by atoms with Crippen molar-refractivity contribution in [1.29, 1.82) is 0 Å². The average Bonchev–Trinajstić information content (AvgIpc) is 2.52. The summed E-state index contributed by atoms with van der Waals surface area (Å²) in [5, 5.41) is 0. The highest BCUT2D eigenvalue weighted by Gasteiger charge is 2.07. The first-order valence-electron chi connectivity index (χ1n) is 10.3. The van der Waals surface area contributed by atoms with E-state index in [0.717, 1.165) is 25.7 Å². The van der Waals surface area contributed by atoms with Crippen molar-refractivity contribution < 1.29 is 4.39 Å². The molecular formula is C21H42F. The van der Waals surface area contributed by atoms with Gasteiger partial charge in [-0.1, -0.05) is 117 Å². The SMILES string of the molecule is CCCCCCCCCC[C](F)CCCCCCCCCC. The van der Waals surface area contributed by atoms with E-state index in [1.54, 1.807) is 0 Å². The van der Waals surface area contributed by atoms with Crippen molar-refractivity contribution in [2.45, 2.75) is 129 Å². The predicted molar refractivity (Wildman–Crippen MR) is 98.8 cm³/mol. The van der Waals surface area contributed by atoms with Crippen LogP contribution in [0, 0.1) is 6.17 Å². The minimum Gasteiger partial charge on any atom is -0.240 e. The quantitative estimate of drug-likeness (QED) is 0.222. The third-order valence-electron chi connectivity index (χ3n) is 4.60. The monoisotopic (exact) mass is 313 g/mol. The number of hydrogen-bond donors (Lipinski definition) is 0. The second-order valence-electron chi connectivity index (χ2n) is 6.97. The zero-order valence-electron chi connectivity index (χ0n) is 15.6. The molecule has 0 aromatic heterocycles. The topological polar surface area (TPSA) is 0 Å². The molecule has 0 saturated heterocycles. The summed E-state index contributed by atoms with van der Waals surface area (Å²) in [7, 11) is 0. The molecule has 0 atom stereocenters. The second-order valence-corrected chi connectivity index (χ2v) is 6.97. The third kappa shape index (κ3) is 18.0. The molecule has 1 radical (unpaired) electrons. The Hall–Kier alpha value is -0.0700. The van der Waals surface area contributed by atoms with E-state index in [1.807, 2.05) is 0 Å². The van der Waals surface area contributed by atoms with Gasteiger partial charge in [-0.2, -0.15) is 0 Å². The van der Waals surface area contributed by atoms with E-state index in [2.05, 4.69) is 13.8 Å². The van der Waals surface area contributed by atoms with Crippen LogP contribution in [0.3, 0.4) is 0 Å². The summed E-state index contributed by atoms with van der Waals surface area (Å²) in [6, 6.07) is 0. The Labute approximate surface area is 140 Å². The van der Waals surface area contributed by atoms with Gasteiger partial charge in [0.05, 0.1) is 0 Å². The third-order valence-corrected chi connectivity index (χ3v) is 4.60. The van der Waals surface area contributed by atoms with E-state index in [0.29, 0.717) is 0 Å². The van der Waals surface area contributed by atoms with E-state index >= 15 is 0 Å². The molecule has 0 rings (SSSR count). The maximum Gasteiger partial charge on any atom is 0.144 e. The lowest BCUT2D eigenvalue weighted by Crippen LogP contribution is -1.91. The smallest absolute Gasteiger partial charge is 0.144 e. The minimum atomic E-state index is 0.261. The van der Waals surface area contributed by atoms with Gasteiger partial charge in [0.2, 0.25) is 0 Å². The maximum atomic E-state index is 13.7. The fourth-order valence-electron chi connectivity index (χ4n) is 3.03. The Kier molecular flexibility index (Phi) is 18.9. The van der Waals surface area contributed by atoms with E-state index in [1.165, 1.54) is 89.9 Å². The predicted octanol–water partition coefficient (Wildman–Crippen LogP) is 8.55. The van der Waals surface area contributed by atoms with Crippen LogP contribution in [0.15, 0.2) is 0 Å². The Balaban J connectivity index is 3.11. The highest BCUT2D eigenvalue weighted by Crippen LogP contribution is 2.22. The van der Waals surface area contributed by atoms with Crippen LogP contribution < -0.4 is 0 Å². The van der Waals surface area contributed by atoms with Crippen LogP contribution in [0.4, 0.5) is 4.39 Å². The van der Waals surface area contributed by atoms with Crippen LogP contribution in [0.1, 0.15) is 129 Å². The normalized spacial score (nSPS) is 11.5. The first-order valence-corrected chi connectivity index (χ1v) is 10.3. The summed E-state index contributed by atoms with van der Waals surface area (Å²) in [6.07, 6.45) is 22.5. The molecule has 0 N–H and O–H groups in total. The zero-order valence-corrected chi connectivity index (χ0v) is 15.6. The van der Waals surface area contributed by atoms with Gasteiger partial charge in [-0.05, 0) is 12.8 Å². The number of rotatable bonds is 18. The van der Waals surface area contributed by atoms with Gasteiger partial charge in [0.1, 0.15) is 6.17 Å². The largest absolute Gasteiger partial charge is 0.240 e. The molecular weight excluding hydrogens is 271 g/mol. The molecule has 0 aromatic rings. The molecule has 0 fully saturated rings. The molecule has 0 aliphatic heterocycles. The second kappa shape index (κ2) is 19.0. The number of hydrogen-bond acceptors (Lipinski definition) is 0. The van der Waals surface area contributed by atoms with Crippen molar-refractivity contribution in [2.75, 3.05) is 0 Å². The van der Waals surface area contributed by atoms with E-state index < -0.39 is 0 Å². The zero-order chi connectivity index (χ0) is 16.3. The molecule has 0 bridgehead atoms. The molecule has 0 amide bonds. The summed E-state index contributed by atoms with van der Waals surface area (Å²) < 4.78 is 13.7. The van der Waals surface area contributed by atoms with E-state index in [-0.39, 0.29) is 6.17 Å². The maximum absolute atomic E-state index is 13.7. The fourth-order valence-corrected chi connectivity index (χ4v) is 3.03. The molecule has 1 heteroatoms. The lowest BCUT2D eigenvalue weighted by atomic mass is 10.0. The Morgan fingerprint density at radius 2 is 0.727 bits per heavy atom. The number of unbranched alkanes of at least 4 members (excludes halogenated alkanes) is 14. The average molecular weight is 314 g/mol. The highest BCUT2D eigenvalue weighted by molar-refractivity contribution is 4.75. The molecule has 0 saturated carbocycles. The van der Waals surface area contributed by atoms with Gasteiger partial charge >= 0.3 is 0 Å². The van der Waals surface area contributed by atoms with Crippen LogP contribution in [-0.4, -0.2) is 0 Å². The van der Waals surface area contributed by atoms with Crippen molar-refractivity contribution in [1.82, 2.24) is 0 Å². The van der Waals surface area contributed by atoms with Crippen LogP contribution in [0.2, 0.25) is 0 Å². The summed E-state index contributed by atoms with van der Waals surface area (Å²) in [5.41, 5.74) is 0. The van der Waals surface area contributed by atoms with Crippen LogP contribution in [0.5, 0.6) is 0 Å². The van der Waals surface area contributed by atoms with Crippen molar-refractivity contribution in [2.24, 2.45) is 0 Å². The van der Waals surface area contributed by atoms with Gasteiger partial charge in [-0.25, -0.2) is 4.39 Å². The van der Waals surface area contributed by atoms with Crippen LogP contribution in [0.25, 0.3) is 0 Å². The Morgan fingerprint density at radius 3 is 1.05 bits per heavy atom. The fraction of sp³-hybridized carbons (Fsp3) is 0.952. The molecule has 0 aliphatic carbocycles. The van der Waals surface area contributed by atoms with Crippen molar-refractivity contribution in [3.8, 4) is 0 Å². The van der Waals surface area contributed by atoms with Gasteiger partial charge in [-0.15, -0.1) is 0 Å². The van der Waals surface area contributed by atoms with Gasteiger partial charge in [-0.3, -0.25) is 0 Å². The molecule has 22 heavy (non-hydrogen) atoms. The summed E-state index contributed by atoms with van der Waals surface area (Å²) in [4.78, 5) is 0. The van der Waals surface area contributed by atoms with E-state index in [4.69, 9.17) is 0 Å². The lowest BCUT2D eigenvalue weighted by molar-refractivity contribution is 0.397. The molecule has 0 unspecified atom stereocenters. The van der Waals surface area contributed by atoms with Gasteiger partial charge in [0.25, 0.3) is 0 Å². The van der Waals surface area contributed by atoms with Crippen LogP contribution in [-0.2, 0) is 0 Å². The van der Waals surface area contributed by atoms with Crippen molar-refractivity contribution in [3.63, 3.8) is 0 Å². The summed E-state index contributed by atoms with van der Waals surface area (Å²) in [5.74, 6) is 0. The summed E-state index contributed by atoms with van der Waals surface area (Å²) in [6.45, 7) is 4.51. The highest BCUT2D eigenvalue weighted by atomic mass is 19.1. The standard InChI is InChI=1S/C21H42F/c1-3-5-7-9-11-13-15-17-19-21(22)20-18-16-14-12-10-8-6-4-2/h3-20H2,1-2H3. The van der Waals surface area contributed by atoms with E-state index in [9.17, 15) is 4.39 Å². The van der Waals surface area contributed by atoms with Gasteiger partial charge in [0.15, 0.2) is 0 Å². The van der Waals surface area contributed by atoms with Gasteiger partial charge < -0.3 is 0 Å². The molecule has 0 heterocycles. The summed E-state index contributed by atoms with van der Waals surface area (Å²) >= 11 is 0. The Bertz CT molecular complexity index is 170. The van der Waals surface area contributed by atoms with Crippen molar-refractivity contribution >= 4 is 0 Å². The molecule has 133 valence electrons. The molecule has 0 aromatic carbocycles. The molecule has 0 spiro atoms. The Morgan fingerprint density at radius 1 is 0.455 bits per heavy atom. The van der Waals surface area contributed by atoms with Crippen molar-refractivity contribution in [3.05, 3.63) is 6.17 Å². The first-order chi connectivity index (χ1) is 10.8. The molecule has 0 nitrogen and oxygen atoms in total. The van der Waals surface area contributed by atoms with Gasteiger partial charge in [0, 0.05) is 0 Å². The number of halogens is 1. The minimum absolute atomic E-state index is 0.261. The molecule has 0 aliphatic rings. The first kappa shape index (κ1) is 21.9.